The summed E-state index contributed by atoms with van der Waals surface area (Å²) in [6, 6.07) is 11.4. The number of para-hydroxylation sites is 1. The lowest BCUT2D eigenvalue weighted by molar-refractivity contribution is 0.0690. The van der Waals surface area contributed by atoms with E-state index in [-0.39, 0.29) is 11.9 Å². The molecule has 0 spiro atoms. The van der Waals surface area contributed by atoms with Crippen molar-refractivity contribution in [3.63, 3.8) is 0 Å². The quantitative estimate of drug-likeness (QED) is 0.785. The lowest BCUT2D eigenvalue weighted by Crippen LogP contribution is -2.32. The van der Waals surface area contributed by atoms with Crippen LogP contribution in [0, 0.1) is 0 Å². The number of methoxy groups -OCH3 is 1. The first-order chi connectivity index (χ1) is 11.2. The summed E-state index contributed by atoms with van der Waals surface area (Å²) in [6.45, 7) is 3.07. The van der Waals surface area contributed by atoms with Gasteiger partial charge < -0.3 is 18.8 Å². The predicted octanol–water partition coefficient (Wildman–Crippen LogP) is 3.49. The van der Waals surface area contributed by atoms with Gasteiger partial charge in [0.05, 0.1) is 20.3 Å². The van der Waals surface area contributed by atoms with Crippen LogP contribution in [-0.2, 0) is 6.54 Å². The molecule has 1 saturated carbocycles. The molecule has 0 atom stereocenters. The van der Waals surface area contributed by atoms with Crippen LogP contribution >= 0.6 is 0 Å². The van der Waals surface area contributed by atoms with Crippen molar-refractivity contribution in [3.8, 4) is 11.7 Å². The Kier molecular flexibility index (Phi) is 4.55. The number of benzene rings is 1. The maximum absolute atomic E-state index is 12.8. The first kappa shape index (κ1) is 15.5. The van der Waals surface area contributed by atoms with Crippen molar-refractivity contribution in [2.24, 2.45) is 0 Å². The molecule has 0 saturated heterocycles. The summed E-state index contributed by atoms with van der Waals surface area (Å²) in [5.41, 5.74) is 1.01. The summed E-state index contributed by atoms with van der Waals surface area (Å²) in [5.74, 6) is 1.37. The van der Waals surface area contributed by atoms with Crippen LogP contribution in [0.5, 0.6) is 11.7 Å². The molecular formula is C18H21NO4. The third kappa shape index (κ3) is 3.50. The van der Waals surface area contributed by atoms with Crippen molar-refractivity contribution in [2.75, 3.05) is 13.7 Å². The molecule has 0 aliphatic heterocycles. The molecule has 0 radical (unpaired) electrons. The molecule has 1 aliphatic carbocycles. The van der Waals surface area contributed by atoms with Crippen LogP contribution in [0.2, 0.25) is 0 Å². The third-order valence-electron chi connectivity index (χ3n) is 3.85. The second-order valence-electron chi connectivity index (χ2n) is 5.53. The van der Waals surface area contributed by atoms with Crippen LogP contribution in [0.1, 0.15) is 35.9 Å². The van der Waals surface area contributed by atoms with E-state index < -0.39 is 0 Å². The number of hydrogen-bond acceptors (Lipinski definition) is 4. The molecule has 0 bridgehead atoms. The van der Waals surface area contributed by atoms with Crippen molar-refractivity contribution in [3.05, 3.63) is 47.7 Å². The highest BCUT2D eigenvalue weighted by Gasteiger charge is 2.34. The molecule has 1 amide bonds. The highest BCUT2D eigenvalue weighted by atomic mass is 16.6. The Balaban J connectivity index is 1.81. The zero-order valence-corrected chi connectivity index (χ0v) is 13.5. The SMILES string of the molecule is CCOc1ccccc1CN(C(=O)c1ccc(OC)o1)C1CC1. The Hall–Kier alpha value is -2.43. The molecular weight excluding hydrogens is 294 g/mol. The Morgan fingerprint density at radius 2 is 2.04 bits per heavy atom. The molecule has 5 nitrogen and oxygen atoms in total. The Morgan fingerprint density at radius 1 is 1.26 bits per heavy atom. The van der Waals surface area contributed by atoms with E-state index in [0.29, 0.717) is 24.9 Å². The molecule has 1 fully saturated rings. The molecule has 1 aromatic heterocycles. The number of amides is 1. The van der Waals surface area contributed by atoms with Gasteiger partial charge in [0, 0.05) is 17.7 Å². The molecule has 122 valence electrons. The number of nitrogens with zero attached hydrogens (tertiary/aromatic N) is 1. The highest BCUT2D eigenvalue weighted by Crippen LogP contribution is 2.32. The zero-order valence-electron chi connectivity index (χ0n) is 13.5. The third-order valence-corrected chi connectivity index (χ3v) is 3.85. The molecule has 1 aliphatic rings. The minimum Gasteiger partial charge on any atom is -0.494 e. The first-order valence-corrected chi connectivity index (χ1v) is 7.88. The fraction of sp³-hybridized carbons (Fsp3) is 0.389. The Labute approximate surface area is 135 Å². The molecule has 5 heteroatoms. The van der Waals surface area contributed by atoms with Crippen molar-refractivity contribution >= 4 is 5.91 Å². The van der Waals surface area contributed by atoms with E-state index in [9.17, 15) is 4.79 Å². The van der Waals surface area contributed by atoms with Crippen LogP contribution in [-0.4, -0.2) is 30.6 Å². The zero-order chi connectivity index (χ0) is 16.2. The van der Waals surface area contributed by atoms with Crippen LogP contribution in [0.15, 0.2) is 40.8 Å². The van der Waals surface area contributed by atoms with Gasteiger partial charge in [-0.1, -0.05) is 18.2 Å². The molecule has 23 heavy (non-hydrogen) atoms. The van der Waals surface area contributed by atoms with E-state index in [1.165, 1.54) is 7.11 Å². The van der Waals surface area contributed by atoms with Crippen LogP contribution in [0.3, 0.4) is 0 Å². The fourth-order valence-electron chi connectivity index (χ4n) is 2.55. The van der Waals surface area contributed by atoms with Gasteiger partial charge in [-0.25, -0.2) is 0 Å². The summed E-state index contributed by atoms with van der Waals surface area (Å²) in [5, 5.41) is 0. The normalized spacial score (nSPS) is 13.7. The minimum atomic E-state index is -0.109. The van der Waals surface area contributed by atoms with Gasteiger partial charge in [-0.2, -0.15) is 0 Å². The summed E-state index contributed by atoms with van der Waals surface area (Å²) < 4.78 is 16.1. The summed E-state index contributed by atoms with van der Waals surface area (Å²) in [7, 11) is 1.52. The second kappa shape index (κ2) is 6.77. The Bertz CT molecular complexity index is 675. The van der Waals surface area contributed by atoms with Gasteiger partial charge in [0.2, 0.25) is 0 Å². The van der Waals surface area contributed by atoms with Crippen molar-refractivity contribution < 1.29 is 18.7 Å². The monoisotopic (exact) mass is 315 g/mol. The number of carbonyl (C=O) groups is 1. The molecule has 0 N–H and O–H groups in total. The minimum absolute atomic E-state index is 0.109. The molecule has 0 unspecified atom stereocenters. The van der Waals surface area contributed by atoms with Gasteiger partial charge in [-0.15, -0.1) is 0 Å². The van der Waals surface area contributed by atoms with Crippen molar-refractivity contribution in [1.29, 1.82) is 0 Å². The van der Waals surface area contributed by atoms with Gasteiger partial charge in [0.25, 0.3) is 11.9 Å². The van der Waals surface area contributed by atoms with E-state index in [1.54, 1.807) is 12.1 Å². The Morgan fingerprint density at radius 3 is 2.70 bits per heavy atom. The maximum Gasteiger partial charge on any atom is 0.290 e. The lowest BCUT2D eigenvalue weighted by atomic mass is 10.1. The number of carbonyl (C=O) groups excluding carboxylic acids is 1. The maximum atomic E-state index is 12.8. The van der Waals surface area contributed by atoms with E-state index >= 15 is 0 Å². The second-order valence-corrected chi connectivity index (χ2v) is 5.53. The van der Waals surface area contributed by atoms with E-state index in [0.717, 1.165) is 24.2 Å². The van der Waals surface area contributed by atoms with Crippen molar-refractivity contribution in [2.45, 2.75) is 32.4 Å². The number of ether oxygens (including phenoxy) is 2. The van der Waals surface area contributed by atoms with Crippen LogP contribution in [0.25, 0.3) is 0 Å². The smallest absolute Gasteiger partial charge is 0.290 e. The standard InChI is InChI=1S/C18H21NO4/c1-3-22-15-7-5-4-6-13(15)12-19(14-8-9-14)18(20)16-10-11-17(21-2)23-16/h4-7,10-11,14H,3,8-9,12H2,1-2H3. The number of furan rings is 1. The van der Waals surface area contributed by atoms with E-state index in [1.807, 2.05) is 36.1 Å². The molecule has 1 aromatic carbocycles. The van der Waals surface area contributed by atoms with Crippen molar-refractivity contribution in [1.82, 2.24) is 4.90 Å². The first-order valence-electron chi connectivity index (χ1n) is 7.88. The van der Waals surface area contributed by atoms with Gasteiger partial charge >= 0.3 is 0 Å². The summed E-state index contributed by atoms with van der Waals surface area (Å²) in [6.07, 6.45) is 2.06. The number of rotatable bonds is 7. The van der Waals surface area contributed by atoms with Gasteiger partial charge in [-0.3, -0.25) is 4.79 Å². The predicted molar refractivity (Wildman–Crippen MR) is 85.8 cm³/mol. The molecule has 3 rings (SSSR count). The van der Waals surface area contributed by atoms with Crippen LogP contribution in [0.4, 0.5) is 0 Å². The average molecular weight is 315 g/mol. The van der Waals surface area contributed by atoms with Gasteiger partial charge in [0.1, 0.15) is 5.75 Å². The highest BCUT2D eigenvalue weighted by molar-refractivity contribution is 5.92. The largest absolute Gasteiger partial charge is 0.494 e. The van der Waals surface area contributed by atoms with Gasteiger partial charge in [-0.05, 0) is 31.9 Å². The summed E-state index contributed by atoms with van der Waals surface area (Å²) in [4.78, 5) is 14.6. The number of hydrogen-bond donors (Lipinski definition) is 0. The molecule has 2 aromatic rings. The fourth-order valence-corrected chi connectivity index (χ4v) is 2.55. The van der Waals surface area contributed by atoms with Crippen LogP contribution < -0.4 is 9.47 Å². The van der Waals surface area contributed by atoms with E-state index in [4.69, 9.17) is 13.9 Å². The lowest BCUT2D eigenvalue weighted by Gasteiger charge is -2.22. The topological polar surface area (TPSA) is 51.9 Å². The van der Waals surface area contributed by atoms with E-state index in [2.05, 4.69) is 0 Å². The average Bonchev–Trinajstić information content (AvgIpc) is 3.30. The van der Waals surface area contributed by atoms with Gasteiger partial charge in [0.15, 0.2) is 5.76 Å². The summed E-state index contributed by atoms with van der Waals surface area (Å²) >= 11 is 0. The molecule has 1 heterocycles.